The number of halogens is 1. The standard InChI is InChI=1S/C12H17FN2O/c1-9-7-15(8-12(2,3)16-9)11-6-4-5-10(13)14-11/h4-6,9H,7-8H2,1-3H3. The lowest BCUT2D eigenvalue weighted by Gasteiger charge is -2.42. The average Bonchev–Trinajstić information content (AvgIpc) is 2.14. The summed E-state index contributed by atoms with van der Waals surface area (Å²) in [5, 5.41) is 0. The molecule has 1 atom stereocenters. The fourth-order valence-corrected chi connectivity index (χ4v) is 2.20. The van der Waals surface area contributed by atoms with Crippen LogP contribution >= 0.6 is 0 Å². The van der Waals surface area contributed by atoms with Crippen molar-refractivity contribution in [3.8, 4) is 0 Å². The first kappa shape index (κ1) is 11.3. The Balaban J connectivity index is 2.21. The lowest BCUT2D eigenvalue weighted by Crippen LogP contribution is -2.52. The van der Waals surface area contributed by atoms with Gasteiger partial charge in [-0.2, -0.15) is 4.39 Å². The third-order valence-corrected chi connectivity index (χ3v) is 2.59. The van der Waals surface area contributed by atoms with E-state index in [1.54, 1.807) is 6.07 Å². The first-order valence-electron chi connectivity index (χ1n) is 5.52. The summed E-state index contributed by atoms with van der Waals surface area (Å²) in [4.78, 5) is 5.97. The predicted octanol–water partition coefficient (Wildman–Crippen LogP) is 2.22. The quantitative estimate of drug-likeness (QED) is 0.684. The van der Waals surface area contributed by atoms with Crippen LogP contribution in [0, 0.1) is 5.95 Å². The van der Waals surface area contributed by atoms with Gasteiger partial charge in [-0.1, -0.05) is 6.07 Å². The summed E-state index contributed by atoms with van der Waals surface area (Å²) in [5.74, 6) is 0.248. The van der Waals surface area contributed by atoms with Gasteiger partial charge in [0.2, 0.25) is 5.95 Å². The second-order valence-electron chi connectivity index (χ2n) is 4.89. The van der Waals surface area contributed by atoms with Crippen LogP contribution in [0.2, 0.25) is 0 Å². The topological polar surface area (TPSA) is 25.4 Å². The minimum Gasteiger partial charge on any atom is -0.369 e. The molecule has 0 radical (unpaired) electrons. The molecule has 1 fully saturated rings. The van der Waals surface area contributed by atoms with Crippen LogP contribution in [0.1, 0.15) is 20.8 Å². The summed E-state index contributed by atoms with van der Waals surface area (Å²) in [6, 6.07) is 4.88. The maximum Gasteiger partial charge on any atom is 0.214 e. The molecule has 0 bridgehead atoms. The second kappa shape index (κ2) is 4.01. The predicted molar refractivity (Wildman–Crippen MR) is 61.0 cm³/mol. The Morgan fingerprint density at radius 2 is 2.25 bits per heavy atom. The highest BCUT2D eigenvalue weighted by molar-refractivity contribution is 5.39. The molecule has 4 heteroatoms. The number of morpholine rings is 1. The number of ether oxygens (including phenoxy) is 1. The van der Waals surface area contributed by atoms with E-state index in [0.29, 0.717) is 5.82 Å². The van der Waals surface area contributed by atoms with Crippen LogP contribution in [0.15, 0.2) is 18.2 Å². The molecular weight excluding hydrogens is 207 g/mol. The highest BCUT2D eigenvalue weighted by Crippen LogP contribution is 2.24. The first-order valence-corrected chi connectivity index (χ1v) is 5.52. The minimum atomic E-state index is -0.436. The van der Waals surface area contributed by atoms with Crippen molar-refractivity contribution in [3.63, 3.8) is 0 Å². The monoisotopic (exact) mass is 224 g/mol. The maximum atomic E-state index is 13.0. The average molecular weight is 224 g/mol. The summed E-state index contributed by atoms with van der Waals surface area (Å²) in [7, 11) is 0. The van der Waals surface area contributed by atoms with E-state index >= 15 is 0 Å². The van der Waals surface area contributed by atoms with Crippen molar-refractivity contribution >= 4 is 5.82 Å². The molecule has 0 saturated carbocycles. The molecule has 2 heterocycles. The van der Waals surface area contributed by atoms with E-state index in [-0.39, 0.29) is 11.7 Å². The zero-order valence-electron chi connectivity index (χ0n) is 9.90. The fraction of sp³-hybridized carbons (Fsp3) is 0.583. The molecule has 1 unspecified atom stereocenters. The first-order chi connectivity index (χ1) is 7.46. The summed E-state index contributed by atoms with van der Waals surface area (Å²) >= 11 is 0. The fourth-order valence-electron chi connectivity index (χ4n) is 2.20. The molecule has 3 nitrogen and oxygen atoms in total. The lowest BCUT2D eigenvalue weighted by molar-refractivity contribution is -0.0752. The Morgan fingerprint density at radius 3 is 2.88 bits per heavy atom. The zero-order chi connectivity index (χ0) is 11.8. The molecule has 2 rings (SSSR count). The van der Waals surface area contributed by atoms with E-state index in [2.05, 4.69) is 9.88 Å². The third kappa shape index (κ3) is 2.50. The van der Waals surface area contributed by atoms with E-state index in [0.717, 1.165) is 13.1 Å². The van der Waals surface area contributed by atoms with Gasteiger partial charge in [0.25, 0.3) is 0 Å². The van der Waals surface area contributed by atoms with Crippen LogP contribution in [-0.2, 0) is 4.74 Å². The Hall–Kier alpha value is -1.16. The zero-order valence-corrected chi connectivity index (χ0v) is 9.90. The van der Waals surface area contributed by atoms with Gasteiger partial charge in [-0.15, -0.1) is 0 Å². The SMILES string of the molecule is CC1CN(c2cccc(F)n2)CC(C)(C)O1. The van der Waals surface area contributed by atoms with Crippen molar-refractivity contribution in [2.24, 2.45) is 0 Å². The molecule has 1 aromatic heterocycles. The van der Waals surface area contributed by atoms with Crippen LogP contribution in [0.25, 0.3) is 0 Å². The van der Waals surface area contributed by atoms with Crippen molar-refractivity contribution in [1.29, 1.82) is 0 Å². The van der Waals surface area contributed by atoms with Crippen molar-refractivity contribution in [1.82, 2.24) is 4.98 Å². The van der Waals surface area contributed by atoms with Gasteiger partial charge in [0, 0.05) is 13.1 Å². The number of rotatable bonds is 1. The van der Waals surface area contributed by atoms with E-state index < -0.39 is 5.95 Å². The molecule has 1 saturated heterocycles. The molecule has 88 valence electrons. The number of anilines is 1. The number of pyridine rings is 1. The van der Waals surface area contributed by atoms with Gasteiger partial charge in [0.15, 0.2) is 0 Å². The van der Waals surface area contributed by atoms with E-state index in [9.17, 15) is 4.39 Å². The van der Waals surface area contributed by atoms with Gasteiger partial charge in [-0.05, 0) is 32.9 Å². The Labute approximate surface area is 95.2 Å². The maximum absolute atomic E-state index is 13.0. The molecule has 1 aliphatic heterocycles. The lowest BCUT2D eigenvalue weighted by atomic mass is 10.1. The van der Waals surface area contributed by atoms with Crippen molar-refractivity contribution in [2.75, 3.05) is 18.0 Å². The largest absolute Gasteiger partial charge is 0.369 e. The third-order valence-electron chi connectivity index (χ3n) is 2.59. The molecule has 1 aromatic rings. The Bertz CT molecular complexity index is 381. The van der Waals surface area contributed by atoms with Crippen LogP contribution in [-0.4, -0.2) is 29.8 Å². The van der Waals surface area contributed by atoms with E-state index in [4.69, 9.17) is 4.74 Å². The van der Waals surface area contributed by atoms with Gasteiger partial charge in [0.1, 0.15) is 5.82 Å². The van der Waals surface area contributed by atoms with Crippen molar-refractivity contribution < 1.29 is 9.13 Å². The Morgan fingerprint density at radius 1 is 1.50 bits per heavy atom. The van der Waals surface area contributed by atoms with Crippen LogP contribution < -0.4 is 4.90 Å². The van der Waals surface area contributed by atoms with E-state index in [1.807, 2.05) is 26.8 Å². The highest BCUT2D eigenvalue weighted by atomic mass is 19.1. The summed E-state index contributed by atoms with van der Waals surface area (Å²) in [5.41, 5.74) is -0.217. The summed E-state index contributed by atoms with van der Waals surface area (Å²) < 4.78 is 18.8. The molecule has 1 aliphatic rings. The van der Waals surface area contributed by atoms with Gasteiger partial charge in [0.05, 0.1) is 11.7 Å². The number of hydrogen-bond acceptors (Lipinski definition) is 3. The van der Waals surface area contributed by atoms with Gasteiger partial charge >= 0.3 is 0 Å². The minimum absolute atomic E-state index is 0.133. The normalized spacial score (nSPS) is 24.5. The number of nitrogens with zero attached hydrogens (tertiary/aromatic N) is 2. The molecule has 16 heavy (non-hydrogen) atoms. The Kier molecular flexibility index (Phi) is 2.84. The van der Waals surface area contributed by atoms with Gasteiger partial charge in [-0.25, -0.2) is 4.98 Å². The van der Waals surface area contributed by atoms with E-state index in [1.165, 1.54) is 6.07 Å². The smallest absolute Gasteiger partial charge is 0.214 e. The molecule has 0 N–H and O–H groups in total. The molecule has 0 amide bonds. The van der Waals surface area contributed by atoms with Crippen LogP contribution in [0.4, 0.5) is 10.2 Å². The summed E-state index contributed by atoms with van der Waals surface area (Å²) in [6.45, 7) is 7.57. The molecule has 0 aromatic carbocycles. The van der Waals surface area contributed by atoms with Gasteiger partial charge < -0.3 is 9.64 Å². The molecule has 0 aliphatic carbocycles. The summed E-state index contributed by atoms with van der Waals surface area (Å²) in [6.07, 6.45) is 0.133. The molecule has 0 spiro atoms. The van der Waals surface area contributed by atoms with Crippen molar-refractivity contribution in [2.45, 2.75) is 32.5 Å². The second-order valence-corrected chi connectivity index (χ2v) is 4.89. The van der Waals surface area contributed by atoms with Crippen LogP contribution in [0.5, 0.6) is 0 Å². The van der Waals surface area contributed by atoms with Gasteiger partial charge in [-0.3, -0.25) is 0 Å². The number of hydrogen-bond donors (Lipinski definition) is 0. The highest BCUT2D eigenvalue weighted by Gasteiger charge is 2.31. The molecular formula is C12H17FN2O. The van der Waals surface area contributed by atoms with Crippen molar-refractivity contribution in [3.05, 3.63) is 24.1 Å². The van der Waals surface area contributed by atoms with Crippen LogP contribution in [0.3, 0.4) is 0 Å². The number of aromatic nitrogens is 1.